The number of benzene rings is 1. The average molecular weight is 272 g/mol. The molecule has 0 aromatic heterocycles. The van der Waals surface area contributed by atoms with E-state index >= 15 is 0 Å². The maximum Gasteiger partial charge on any atom is 0.254 e. The summed E-state index contributed by atoms with van der Waals surface area (Å²) in [5.74, 6) is 1.01. The predicted octanol–water partition coefficient (Wildman–Crippen LogP) is 3.13. The highest BCUT2D eigenvalue weighted by molar-refractivity contribution is 6.00. The normalized spacial score (nSPS) is 25.1. The molecule has 20 heavy (non-hydrogen) atoms. The molecule has 4 rings (SSSR count). The van der Waals surface area contributed by atoms with Gasteiger partial charge in [-0.05, 0) is 37.5 Å². The van der Waals surface area contributed by atoms with Crippen molar-refractivity contribution in [2.45, 2.75) is 57.8 Å². The second kappa shape index (κ2) is 4.40. The number of carbonyl (C=O) groups excluding carboxylic acids is 1. The van der Waals surface area contributed by atoms with Crippen LogP contribution in [0.2, 0.25) is 0 Å². The van der Waals surface area contributed by atoms with Crippen LogP contribution in [-0.4, -0.2) is 23.1 Å². The minimum absolute atomic E-state index is 0.00271. The number of hydrogen-bond acceptors (Lipinski definition) is 3. The molecule has 1 aliphatic carbocycles. The van der Waals surface area contributed by atoms with Gasteiger partial charge in [-0.2, -0.15) is 0 Å². The lowest BCUT2D eigenvalue weighted by Crippen LogP contribution is -2.36. The molecule has 2 heterocycles. The molecule has 2 aliphatic heterocycles. The van der Waals surface area contributed by atoms with Gasteiger partial charge in [-0.15, -0.1) is 0 Å². The lowest BCUT2D eigenvalue weighted by Gasteiger charge is -2.30. The Hall–Kier alpha value is -1.71. The smallest absolute Gasteiger partial charge is 0.254 e. The highest BCUT2D eigenvalue weighted by Gasteiger charge is 2.35. The van der Waals surface area contributed by atoms with Gasteiger partial charge >= 0.3 is 0 Å². The molecule has 1 saturated carbocycles. The first-order valence-electron chi connectivity index (χ1n) is 7.63. The molecular formula is C16H20N2O2. The van der Waals surface area contributed by atoms with E-state index in [1.165, 1.54) is 19.3 Å². The van der Waals surface area contributed by atoms with Crippen molar-refractivity contribution in [3.05, 3.63) is 23.3 Å². The summed E-state index contributed by atoms with van der Waals surface area (Å²) >= 11 is 0. The molecule has 1 aromatic rings. The number of amides is 1. The van der Waals surface area contributed by atoms with Crippen molar-refractivity contribution in [2.24, 2.45) is 0 Å². The highest BCUT2D eigenvalue weighted by Crippen LogP contribution is 2.39. The fourth-order valence-electron chi connectivity index (χ4n) is 3.70. The fraction of sp³-hybridized carbons (Fsp3) is 0.562. The van der Waals surface area contributed by atoms with Crippen LogP contribution in [-0.2, 0) is 6.54 Å². The molecule has 1 aromatic carbocycles. The summed E-state index contributed by atoms with van der Waals surface area (Å²) in [6.07, 6.45) is 6.14. The second-order valence-corrected chi connectivity index (χ2v) is 6.13. The van der Waals surface area contributed by atoms with E-state index in [1.54, 1.807) is 0 Å². The molecule has 3 aliphatic rings. The van der Waals surface area contributed by atoms with Gasteiger partial charge in [0.2, 0.25) is 0 Å². The Labute approximate surface area is 119 Å². The average Bonchev–Trinajstić information content (AvgIpc) is 2.97. The monoisotopic (exact) mass is 272 g/mol. The van der Waals surface area contributed by atoms with Crippen LogP contribution in [0.5, 0.6) is 5.75 Å². The van der Waals surface area contributed by atoms with Gasteiger partial charge < -0.3 is 15.0 Å². The van der Waals surface area contributed by atoms with Crippen molar-refractivity contribution in [3.8, 4) is 5.75 Å². The van der Waals surface area contributed by atoms with Crippen LogP contribution in [0, 0.1) is 0 Å². The van der Waals surface area contributed by atoms with Crippen molar-refractivity contribution in [2.75, 3.05) is 5.32 Å². The summed E-state index contributed by atoms with van der Waals surface area (Å²) in [6, 6.07) is 4.45. The summed E-state index contributed by atoms with van der Waals surface area (Å²) in [6.45, 7) is 2.74. The molecule has 1 amide bonds. The van der Waals surface area contributed by atoms with Gasteiger partial charge in [0.05, 0.1) is 5.69 Å². The Balaban J connectivity index is 1.63. The van der Waals surface area contributed by atoms with Gasteiger partial charge in [-0.3, -0.25) is 4.79 Å². The van der Waals surface area contributed by atoms with E-state index in [1.807, 2.05) is 13.0 Å². The zero-order chi connectivity index (χ0) is 13.7. The summed E-state index contributed by atoms with van der Waals surface area (Å²) in [5, 5.41) is 3.28. The molecule has 0 radical (unpaired) electrons. The fourth-order valence-corrected chi connectivity index (χ4v) is 3.70. The molecule has 1 fully saturated rings. The van der Waals surface area contributed by atoms with Crippen LogP contribution in [0.1, 0.15) is 54.9 Å². The molecule has 106 valence electrons. The van der Waals surface area contributed by atoms with E-state index in [4.69, 9.17) is 4.74 Å². The highest BCUT2D eigenvalue weighted by atomic mass is 16.5. The third-order valence-electron chi connectivity index (χ3n) is 4.72. The molecule has 1 atom stereocenters. The molecule has 0 bridgehead atoms. The number of anilines is 1. The van der Waals surface area contributed by atoms with Crippen molar-refractivity contribution in [1.82, 2.24) is 4.90 Å². The zero-order valence-electron chi connectivity index (χ0n) is 11.8. The Morgan fingerprint density at radius 1 is 1.25 bits per heavy atom. The molecule has 0 spiro atoms. The van der Waals surface area contributed by atoms with Gasteiger partial charge in [0.1, 0.15) is 5.75 Å². The standard InChI is InChI=1S/C16H20N2O2/c1-10-17-14-7-11-9-18(12-5-3-2-4-6-12)16(19)13(11)8-15(14)20-10/h7-8,10,12,17H,2-6,9H2,1H3. The molecule has 1 unspecified atom stereocenters. The minimum atomic E-state index is -0.00271. The second-order valence-electron chi connectivity index (χ2n) is 6.13. The maximum atomic E-state index is 12.6. The Morgan fingerprint density at radius 2 is 2.05 bits per heavy atom. The third kappa shape index (κ3) is 1.78. The van der Waals surface area contributed by atoms with Crippen LogP contribution in [0.25, 0.3) is 0 Å². The summed E-state index contributed by atoms with van der Waals surface area (Å²) in [4.78, 5) is 14.7. The van der Waals surface area contributed by atoms with Crippen LogP contribution in [0.3, 0.4) is 0 Å². The van der Waals surface area contributed by atoms with Crippen LogP contribution in [0.4, 0.5) is 5.69 Å². The van der Waals surface area contributed by atoms with E-state index in [0.717, 1.165) is 42.0 Å². The predicted molar refractivity (Wildman–Crippen MR) is 76.9 cm³/mol. The Kier molecular flexibility index (Phi) is 2.65. The van der Waals surface area contributed by atoms with E-state index in [-0.39, 0.29) is 12.1 Å². The number of ether oxygens (including phenoxy) is 1. The largest absolute Gasteiger partial charge is 0.469 e. The van der Waals surface area contributed by atoms with Crippen LogP contribution >= 0.6 is 0 Å². The van der Waals surface area contributed by atoms with E-state index < -0.39 is 0 Å². The van der Waals surface area contributed by atoms with E-state index in [9.17, 15) is 4.79 Å². The molecule has 0 saturated heterocycles. The van der Waals surface area contributed by atoms with Crippen molar-refractivity contribution in [1.29, 1.82) is 0 Å². The Morgan fingerprint density at radius 3 is 2.85 bits per heavy atom. The van der Waals surface area contributed by atoms with Gasteiger partial charge in [-0.25, -0.2) is 0 Å². The summed E-state index contributed by atoms with van der Waals surface area (Å²) < 4.78 is 5.68. The molecule has 4 nitrogen and oxygen atoms in total. The summed E-state index contributed by atoms with van der Waals surface area (Å²) in [7, 11) is 0. The van der Waals surface area contributed by atoms with Gasteiger partial charge in [0.15, 0.2) is 6.23 Å². The lowest BCUT2D eigenvalue weighted by molar-refractivity contribution is 0.0659. The number of carbonyl (C=O) groups is 1. The number of nitrogens with zero attached hydrogens (tertiary/aromatic N) is 1. The van der Waals surface area contributed by atoms with Crippen LogP contribution < -0.4 is 10.1 Å². The van der Waals surface area contributed by atoms with Crippen molar-refractivity contribution in [3.63, 3.8) is 0 Å². The zero-order valence-corrected chi connectivity index (χ0v) is 11.8. The maximum absolute atomic E-state index is 12.6. The van der Waals surface area contributed by atoms with E-state index in [2.05, 4.69) is 16.3 Å². The lowest BCUT2D eigenvalue weighted by atomic mass is 9.94. The first-order valence-corrected chi connectivity index (χ1v) is 7.63. The number of fused-ring (bicyclic) bond motifs is 2. The van der Waals surface area contributed by atoms with Gasteiger partial charge in [-0.1, -0.05) is 19.3 Å². The number of hydrogen-bond donors (Lipinski definition) is 1. The van der Waals surface area contributed by atoms with E-state index in [0.29, 0.717) is 6.04 Å². The first kappa shape index (κ1) is 12.1. The first-order chi connectivity index (χ1) is 9.72. The van der Waals surface area contributed by atoms with Crippen molar-refractivity contribution < 1.29 is 9.53 Å². The molecular weight excluding hydrogens is 252 g/mol. The SMILES string of the molecule is CC1Nc2cc3c(cc2O1)C(=O)N(C1CCCCC1)C3. The third-order valence-corrected chi connectivity index (χ3v) is 4.72. The topological polar surface area (TPSA) is 41.6 Å². The van der Waals surface area contributed by atoms with Crippen LogP contribution in [0.15, 0.2) is 12.1 Å². The quantitative estimate of drug-likeness (QED) is 0.854. The number of rotatable bonds is 1. The molecule has 4 heteroatoms. The number of nitrogens with one attached hydrogen (secondary N) is 1. The summed E-state index contributed by atoms with van der Waals surface area (Å²) in [5.41, 5.74) is 3.00. The van der Waals surface area contributed by atoms with Crippen molar-refractivity contribution >= 4 is 11.6 Å². The minimum Gasteiger partial charge on any atom is -0.469 e. The van der Waals surface area contributed by atoms with Gasteiger partial charge in [0, 0.05) is 18.2 Å². The van der Waals surface area contributed by atoms with Gasteiger partial charge in [0.25, 0.3) is 5.91 Å². The molecule has 1 N–H and O–H groups in total. The Bertz CT molecular complexity index is 564.